The molecule has 0 aliphatic rings. The molecule has 0 unspecified atom stereocenters. The topological polar surface area (TPSA) is 68.8 Å². The van der Waals surface area contributed by atoms with Gasteiger partial charge in [-0.25, -0.2) is 4.79 Å². The first kappa shape index (κ1) is 17.1. The van der Waals surface area contributed by atoms with Gasteiger partial charge >= 0.3 is 6.09 Å². The van der Waals surface area contributed by atoms with Crippen molar-refractivity contribution in [2.45, 2.75) is 32.9 Å². The molecule has 0 saturated heterocycles. The van der Waals surface area contributed by atoms with Crippen molar-refractivity contribution < 1.29 is 19.0 Å². The van der Waals surface area contributed by atoms with Crippen molar-refractivity contribution in [1.29, 1.82) is 0 Å². The van der Waals surface area contributed by atoms with Crippen LogP contribution in [0.25, 0.3) is 0 Å². The van der Waals surface area contributed by atoms with Crippen LogP contribution < -0.4 is 20.1 Å². The predicted octanol–water partition coefficient (Wildman–Crippen LogP) is 2.77. The summed E-state index contributed by atoms with van der Waals surface area (Å²) in [6.45, 7) is 6.06. The average Bonchev–Trinajstić information content (AvgIpc) is 2.36. The Kier molecular flexibility index (Phi) is 5.84. The minimum absolute atomic E-state index is 0.461. The standard InChI is InChI=1S/C15H24N2O4/c1-15(2,3)21-14(18)17-11-7-10(9-16-4)8-12(19-5)13(11)20-6/h7-8,16H,9H2,1-6H3,(H,17,18). The maximum absolute atomic E-state index is 11.9. The summed E-state index contributed by atoms with van der Waals surface area (Å²) in [5.41, 5.74) is 0.904. The number of carbonyl (C=O) groups excluding carboxylic acids is 1. The zero-order chi connectivity index (χ0) is 16.0. The number of hydrogen-bond donors (Lipinski definition) is 2. The van der Waals surface area contributed by atoms with Gasteiger partial charge in [0.1, 0.15) is 5.60 Å². The molecule has 0 aliphatic carbocycles. The second-order valence-electron chi connectivity index (χ2n) is 5.54. The summed E-state index contributed by atoms with van der Waals surface area (Å²) in [4.78, 5) is 11.9. The zero-order valence-corrected chi connectivity index (χ0v) is 13.5. The lowest BCUT2D eigenvalue weighted by molar-refractivity contribution is 0.0635. The van der Waals surface area contributed by atoms with Crippen molar-refractivity contribution in [3.05, 3.63) is 17.7 Å². The van der Waals surface area contributed by atoms with Crippen LogP contribution in [0, 0.1) is 0 Å². The van der Waals surface area contributed by atoms with Crippen LogP contribution in [0.15, 0.2) is 12.1 Å². The summed E-state index contributed by atoms with van der Waals surface area (Å²) in [7, 11) is 4.92. The Morgan fingerprint density at radius 3 is 2.33 bits per heavy atom. The third-order valence-corrected chi connectivity index (χ3v) is 2.56. The van der Waals surface area contributed by atoms with E-state index < -0.39 is 11.7 Å². The molecular weight excluding hydrogens is 272 g/mol. The molecule has 21 heavy (non-hydrogen) atoms. The van der Waals surface area contributed by atoms with Gasteiger partial charge in [-0.15, -0.1) is 0 Å². The van der Waals surface area contributed by atoms with Crippen molar-refractivity contribution in [3.63, 3.8) is 0 Å². The molecule has 0 aromatic heterocycles. The summed E-state index contributed by atoms with van der Waals surface area (Å²) in [5, 5.41) is 5.75. The lowest BCUT2D eigenvalue weighted by atomic mass is 10.1. The van der Waals surface area contributed by atoms with E-state index in [9.17, 15) is 4.79 Å². The maximum atomic E-state index is 11.9. The molecule has 0 fully saturated rings. The lowest BCUT2D eigenvalue weighted by Gasteiger charge is -2.21. The first-order chi connectivity index (χ1) is 9.80. The number of nitrogens with one attached hydrogen (secondary N) is 2. The molecule has 0 spiro atoms. The molecule has 0 heterocycles. The van der Waals surface area contributed by atoms with Gasteiger partial charge in [0, 0.05) is 6.54 Å². The van der Waals surface area contributed by atoms with Gasteiger partial charge in [0.2, 0.25) is 0 Å². The fraction of sp³-hybridized carbons (Fsp3) is 0.533. The fourth-order valence-electron chi connectivity index (χ4n) is 1.83. The summed E-state index contributed by atoms with van der Waals surface area (Å²) in [6.07, 6.45) is -0.538. The number of methoxy groups -OCH3 is 2. The van der Waals surface area contributed by atoms with Gasteiger partial charge < -0.3 is 19.5 Å². The largest absolute Gasteiger partial charge is 0.493 e. The highest BCUT2D eigenvalue weighted by molar-refractivity contribution is 5.88. The van der Waals surface area contributed by atoms with Gasteiger partial charge in [-0.1, -0.05) is 0 Å². The maximum Gasteiger partial charge on any atom is 0.412 e. The van der Waals surface area contributed by atoms with Gasteiger partial charge in [0.25, 0.3) is 0 Å². The second kappa shape index (κ2) is 7.17. The van der Waals surface area contributed by atoms with E-state index in [1.165, 1.54) is 7.11 Å². The number of hydrogen-bond acceptors (Lipinski definition) is 5. The monoisotopic (exact) mass is 296 g/mol. The number of rotatable bonds is 5. The molecule has 6 nitrogen and oxygen atoms in total. The van der Waals surface area contributed by atoms with Crippen LogP contribution >= 0.6 is 0 Å². The lowest BCUT2D eigenvalue weighted by Crippen LogP contribution is -2.27. The Morgan fingerprint density at radius 2 is 1.86 bits per heavy atom. The minimum Gasteiger partial charge on any atom is -0.493 e. The van der Waals surface area contributed by atoms with Gasteiger partial charge in [0.15, 0.2) is 11.5 Å². The molecule has 118 valence electrons. The van der Waals surface area contributed by atoms with Crippen molar-refractivity contribution >= 4 is 11.8 Å². The van der Waals surface area contributed by atoms with E-state index >= 15 is 0 Å². The van der Waals surface area contributed by atoms with E-state index in [4.69, 9.17) is 14.2 Å². The Bertz CT molecular complexity index is 495. The van der Waals surface area contributed by atoms with E-state index in [0.717, 1.165) is 5.56 Å². The van der Waals surface area contributed by atoms with Gasteiger partial charge in [0.05, 0.1) is 19.9 Å². The van der Waals surface area contributed by atoms with Crippen molar-refractivity contribution in [2.24, 2.45) is 0 Å². The van der Waals surface area contributed by atoms with Gasteiger partial charge in [-0.3, -0.25) is 5.32 Å². The third kappa shape index (κ3) is 5.15. The molecule has 1 aromatic rings. The molecule has 1 rings (SSSR count). The second-order valence-corrected chi connectivity index (χ2v) is 5.54. The molecule has 1 amide bonds. The van der Waals surface area contributed by atoms with Crippen LogP contribution in [0.3, 0.4) is 0 Å². The first-order valence-corrected chi connectivity index (χ1v) is 6.70. The van der Waals surface area contributed by atoms with E-state index in [-0.39, 0.29) is 0 Å². The van der Waals surface area contributed by atoms with Gasteiger partial charge in [-0.05, 0) is 45.5 Å². The molecule has 6 heteroatoms. The van der Waals surface area contributed by atoms with Crippen molar-refractivity contribution in [2.75, 3.05) is 26.6 Å². The van der Waals surface area contributed by atoms with Crippen LogP contribution in [0.1, 0.15) is 26.3 Å². The normalized spacial score (nSPS) is 11.0. The summed E-state index contributed by atoms with van der Waals surface area (Å²) >= 11 is 0. The van der Waals surface area contributed by atoms with Crippen LogP contribution in [0.2, 0.25) is 0 Å². The highest BCUT2D eigenvalue weighted by atomic mass is 16.6. The highest BCUT2D eigenvalue weighted by Crippen LogP contribution is 2.36. The van der Waals surface area contributed by atoms with Gasteiger partial charge in [-0.2, -0.15) is 0 Å². The minimum atomic E-state index is -0.565. The quantitative estimate of drug-likeness (QED) is 0.874. The van der Waals surface area contributed by atoms with Crippen molar-refractivity contribution in [1.82, 2.24) is 5.32 Å². The molecule has 0 atom stereocenters. The zero-order valence-electron chi connectivity index (χ0n) is 13.5. The van der Waals surface area contributed by atoms with E-state index in [2.05, 4.69) is 10.6 Å². The molecule has 0 aliphatic heterocycles. The van der Waals surface area contributed by atoms with Crippen LogP contribution in [-0.4, -0.2) is 33.0 Å². The van der Waals surface area contributed by atoms with E-state index in [0.29, 0.717) is 23.7 Å². The Balaban J connectivity index is 3.08. The third-order valence-electron chi connectivity index (χ3n) is 2.56. The Labute approximate surface area is 125 Å². The molecule has 0 radical (unpaired) electrons. The van der Waals surface area contributed by atoms with Crippen molar-refractivity contribution in [3.8, 4) is 11.5 Å². The number of anilines is 1. The molecule has 0 saturated carbocycles. The summed E-state index contributed by atoms with van der Waals surface area (Å²) < 4.78 is 15.9. The molecule has 0 bridgehead atoms. The highest BCUT2D eigenvalue weighted by Gasteiger charge is 2.19. The SMILES string of the molecule is CNCc1cc(NC(=O)OC(C)(C)C)c(OC)c(OC)c1. The van der Waals surface area contributed by atoms with Crippen LogP contribution in [-0.2, 0) is 11.3 Å². The van der Waals surface area contributed by atoms with Crippen LogP contribution in [0.4, 0.5) is 10.5 Å². The van der Waals surface area contributed by atoms with Crippen LogP contribution in [0.5, 0.6) is 11.5 Å². The van der Waals surface area contributed by atoms with E-state index in [1.807, 2.05) is 40.0 Å². The van der Waals surface area contributed by atoms with E-state index in [1.54, 1.807) is 7.11 Å². The molecule has 1 aromatic carbocycles. The Morgan fingerprint density at radius 1 is 1.19 bits per heavy atom. The summed E-state index contributed by atoms with van der Waals surface area (Å²) in [5.74, 6) is 1.01. The Hall–Kier alpha value is -1.95. The number of ether oxygens (including phenoxy) is 3. The first-order valence-electron chi connectivity index (χ1n) is 6.70. The fourth-order valence-corrected chi connectivity index (χ4v) is 1.83. The summed E-state index contributed by atoms with van der Waals surface area (Å²) in [6, 6.07) is 3.68. The molecular formula is C15H24N2O4. The number of amides is 1. The predicted molar refractivity (Wildman–Crippen MR) is 82.2 cm³/mol. The smallest absolute Gasteiger partial charge is 0.412 e. The molecule has 2 N–H and O–H groups in total. The average molecular weight is 296 g/mol. The number of benzene rings is 1. The number of carbonyl (C=O) groups is 1.